The fraction of sp³-hybridized carbons (Fsp3) is 0.350. The Morgan fingerprint density at radius 1 is 1.28 bits per heavy atom. The van der Waals surface area contributed by atoms with Gasteiger partial charge < -0.3 is 19.2 Å². The fourth-order valence-electron chi connectivity index (χ4n) is 2.88. The van der Waals surface area contributed by atoms with Crippen molar-refractivity contribution in [1.82, 2.24) is 4.98 Å². The zero-order valence-corrected chi connectivity index (χ0v) is 16.2. The first-order valence-corrected chi connectivity index (χ1v) is 8.66. The number of pyridine rings is 1. The quantitative estimate of drug-likeness (QED) is 0.676. The summed E-state index contributed by atoms with van der Waals surface area (Å²) in [6.07, 6.45) is 0.342. The molecule has 2 aromatic rings. The number of halogens is 2. The second-order valence-corrected chi connectivity index (χ2v) is 6.19. The third-order valence-corrected chi connectivity index (χ3v) is 4.34. The number of alkyl halides is 2. The molecule has 1 aromatic carbocycles. The number of hydrogen-bond acceptors (Lipinski definition) is 6. The number of rotatable bonds is 8. The Balaban J connectivity index is 1.99. The van der Waals surface area contributed by atoms with Crippen LogP contribution in [0, 0.1) is 25.2 Å². The molecule has 1 heterocycles. The van der Waals surface area contributed by atoms with Gasteiger partial charge in [0.2, 0.25) is 0 Å². The van der Waals surface area contributed by atoms with Crippen molar-refractivity contribution in [2.75, 3.05) is 7.11 Å². The van der Waals surface area contributed by atoms with E-state index in [1.54, 1.807) is 13.8 Å². The molecule has 0 spiro atoms. The lowest BCUT2D eigenvalue weighted by Crippen LogP contribution is -2.17. The van der Waals surface area contributed by atoms with E-state index in [4.69, 9.17) is 14.7 Å². The maximum Gasteiger partial charge on any atom is 0.387 e. The van der Waals surface area contributed by atoms with Crippen LogP contribution in [0.5, 0.6) is 11.5 Å². The molecule has 154 valence electrons. The van der Waals surface area contributed by atoms with Gasteiger partial charge in [0.25, 0.3) is 5.56 Å². The van der Waals surface area contributed by atoms with Gasteiger partial charge in [0.15, 0.2) is 11.5 Å². The average molecular weight is 406 g/mol. The summed E-state index contributed by atoms with van der Waals surface area (Å²) in [5.41, 5.74) is 1.96. The Kier molecular flexibility index (Phi) is 7.31. The Hall–Kier alpha value is -3.41. The number of nitrogens with zero attached hydrogens (tertiary/aromatic N) is 1. The van der Waals surface area contributed by atoms with Crippen molar-refractivity contribution in [3.8, 4) is 17.6 Å². The van der Waals surface area contributed by atoms with E-state index in [9.17, 15) is 18.4 Å². The Labute approximate surface area is 165 Å². The van der Waals surface area contributed by atoms with Crippen molar-refractivity contribution >= 4 is 5.97 Å². The fourth-order valence-corrected chi connectivity index (χ4v) is 2.88. The number of aromatic nitrogens is 1. The van der Waals surface area contributed by atoms with E-state index in [1.165, 1.54) is 25.3 Å². The number of esters is 1. The van der Waals surface area contributed by atoms with E-state index in [-0.39, 0.29) is 30.1 Å². The van der Waals surface area contributed by atoms with Gasteiger partial charge in [-0.2, -0.15) is 14.0 Å². The first-order chi connectivity index (χ1) is 13.8. The number of hydrogen-bond donors (Lipinski definition) is 1. The molecule has 0 aliphatic heterocycles. The van der Waals surface area contributed by atoms with Crippen LogP contribution in [0.1, 0.15) is 34.4 Å². The Morgan fingerprint density at radius 2 is 2.00 bits per heavy atom. The number of aryl methyl sites for hydroxylation is 1. The molecule has 7 nitrogen and oxygen atoms in total. The van der Waals surface area contributed by atoms with Crippen molar-refractivity contribution in [2.24, 2.45) is 0 Å². The summed E-state index contributed by atoms with van der Waals surface area (Å²) in [6.45, 7) is 0.313. The number of H-pyrrole nitrogens is 1. The van der Waals surface area contributed by atoms with Gasteiger partial charge in [0.05, 0.1) is 7.11 Å². The molecular weight excluding hydrogens is 386 g/mol. The molecule has 0 fully saturated rings. The van der Waals surface area contributed by atoms with Crippen LogP contribution in [-0.2, 0) is 22.6 Å². The van der Waals surface area contributed by atoms with E-state index in [1.807, 2.05) is 6.07 Å². The molecule has 2 rings (SSSR count). The van der Waals surface area contributed by atoms with Crippen LogP contribution in [0.4, 0.5) is 8.78 Å². The van der Waals surface area contributed by atoms with Gasteiger partial charge in [-0.1, -0.05) is 6.07 Å². The molecular formula is C20H20F2N2O5. The number of ether oxygens (including phenoxy) is 3. The predicted molar refractivity (Wildman–Crippen MR) is 99.0 cm³/mol. The monoisotopic (exact) mass is 406 g/mol. The van der Waals surface area contributed by atoms with Crippen molar-refractivity contribution in [2.45, 2.75) is 39.9 Å². The molecule has 0 unspecified atom stereocenters. The Bertz CT molecular complexity index is 996. The molecule has 29 heavy (non-hydrogen) atoms. The molecule has 0 aliphatic rings. The first-order valence-electron chi connectivity index (χ1n) is 8.66. The second-order valence-electron chi connectivity index (χ2n) is 6.19. The molecule has 0 bridgehead atoms. The zero-order chi connectivity index (χ0) is 21.6. The largest absolute Gasteiger partial charge is 0.493 e. The molecule has 0 radical (unpaired) electrons. The number of carbonyl (C=O) groups excluding carboxylic acids is 1. The van der Waals surface area contributed by atoms with Crippen LogP contribution in [0.2, 0.25) is 0 Å². The standard InChI is InChI=1S/C20H20F2N2O5/c1-11-14(12(2)24-19(26)15(11)9-23)5-7-18(25)28-10-13-4-6-16(29-20(21)22)17(8-13)27-3/h4,6,8,20H,5,7,10H2,1-3H3,(H,24,26). The molecule has 9 heteroatoms. The molecule has 0 aliphatic carbocycles. The van der Waals surface area contributed by atoms with Crippen LogP contribution >= 0.6 is 0 Å². The van der Waals surface area contributed by atoms with Crippen LogP contribution in [-0.4, -0.2) is 24.7 Å². The topological polar surface area (TPSA) is 101 Å². The number of nitrogens with one attached hydrogen (secondary N) is 1. The SMILES string of the molecule is COc1cc(COC(=O)CCc2c(C)[nH]c(=O)c(C#N)c2C)ccc1OC(F)F. The van der Waals surface area contributed by atoms with Gasteiger partial charge in [0, 0.05) is 12.1 Å². The number of nitriles is 1. The van der Waals surface area contributed by atoms with Crippen molar-refractivity contribution in [1.29, 1.82) is 5.26 Å². The van der Waals surface area contributed by atoms with Crippen molar-refractivity contribution < 1.29 is 27.8 Å². The molecule has 0 amide bonds. The minimum atomic E-state index is -2.98. The van der Waals surface area contributed by atoms with Gasteiger partial charge in [-0.05, 0) is 49.1 Å². The molecule has 0 saturated carbocycles. The predicted octanol–water partition coefficient (Wildman–Crippen LogP) is 3.15. The number of carbonyl (C=O) groups is 1. The number of aromatic amines is 1. The maximum absolute atomic E-state index is 12.4. The highest BCUT2D eigenvalue weighted by molar-refractivity contribution is 5.70. The average Bonchev–Trinajstić information content (AvgIpc) is 2.66. The lowest BCUT2D eigenvalue weighted by Gasteiger charge is -2.12. The smallest absolute Gasteiger partial charge is 0.387 e. The third-order valence-electron chi connectivity index (χ3n) is 4.34. The van der Waals surface area contributed by atoms with E-state index in [2.05, 4.69) is 9.72 Å². The van der Waals surface area contributed by atoms with Crippen LogP contribution in [0.15, 0.2) is 23.0 Å². The highest BCUT2D eigenvalue weighted by Gasteiger charge is 2.15. The van der Waals surface area contributed by atoms with Gasteiger partial charge in [0.1, 0.15) is 18.2 Å². The lowest BCUT2D eigenvalue weighted by atomic mass is 9.99. The number of benzene rings is 1. The van der Waals surface area contributed by atoms with Crippen molar-refractivity contribution in [3.63, 3.8) is 0 Å². The molecule has 0 atom stereocenters. The lowest BCUT2D eigenvalue weighted by molar-refractivity contribution is -0.144. The van der Waals surface area contributed by atoms with Crippen LogP contribution < -0.4 is 15.0 Å². The highest BCUT2D eigenvalue weighted by Crippen LogP contribution is 2.29. The van der Waals surface area contributed by atoms with Gasteiger partial charge in [-0.15, -0.1) is 0 Å². The van der Waals surface area contributed by atoms with Crippen LogP contribution in [0.3, 0.4) is 0 Å². The summed E-state index contributed by atoms with van der Waals surface area (Å²) >= 11 is 0. The second kappa shape index (κ2) is 9.68. The summed E-state index contributed by atoms with van der Waals surface area (Å²) in [4.78, 5) is 26.4. The van der Waals surface area contributed by atoms with Crippen LogP contribution in [0.25, 0.3) is 0 Å². The maximum atomic E-state index is 12.4. The number of methoxy groups -OCH3 is 1. The van der Waals surface area contributed by atoms with E-state index in [0.29, 0.717) is 28.8 Å². The van der Waals surface area contributed by atoms with Gasteiger partial charge in [-0.3, -0.25) is 9.59 Å². The minimum absolute atomic E-state index is 0.0252. The van der Waals surface area contributed by atoms with E-state index >= 15 is 0 Å². The zero-order valence-electron chi connectivity index (χ0n) is 16.2. The first kappa shape index (κ1) is 21.9. The minimum Gasteiger partial charge on any atom is -0.493 e. The summed E-state index contributed by atoms with van der Waals surface area (Å²) < 4.78 is 39.3. The summed E-state index contributed by atoms with van der Waals surface area (Å²) in [6, 6.07) is 6.11. The third kappa shape index (κ3) is 5.54. The molecule has 1 N–H and O–H groups in total. The van der Waals surface area contributed by atoms with E-state index < -0.39 is 18.1 Å². The van der Waals surface area contributed by atoms with Gasteiger partial charge in [-0.25, -0.2) is 0 Å². The summed E-state index contributed by atoms with van der Waals surface area (Å²) in [5, 5.41) is 9.09. The summed E-state index contributed by atoms with van der Waals surface area (Å²) in [7, 11) is 1.31. The van der Waals surface area contributed by atoms with E-state index in [0.717, 1.165) is 0 Å². The highest BCUT2D eigenvalue weighted by atomic mass is 19.3. The summed E-state index contributed by atoms with van der Waals surface area (Å²) in [5.74, 6) is -0.502. The van der Waals surface area contributed by atoms with Crippen molar-refractivity contribution in [3.05, 3.63) is 56.5 Å². The molecule has 0 saturated heterocycles. The Morgan fingerprint density at radius 3 is 2.62 bits per heavy atom. The normalized spacial score (nSPS) is 10.5. The molecule has 1 aromatic heterocycles. The van der Waals surface area contributed by atoms with Gasteiger partial charge >= 0.3 is 12.6 Å².